The first-order chi connectivity index (χ1) is 12.1. The van der Waals surface area contributed by atoms with Crippen molar-refractivity contribution in [2.75, 3.05) is 6.61 Å². The van der Waals surface area contributed by atoms with Crippen LogP contribution in [-0.4, -0.2) is 29.7 Å². The zero-order chi connectivity index (χ0) is 19.6. The SMILES string of the molecule is CC(C)c1nc(CCO)n(C(C)C)c1S(=O)(=O)Oc1cc(Cl)cc(Cl)c1. The minimum Gasteiger partial charge on any atom is -0.396 e. The van der Waals surface area contributed by atoms with Crippen LogP contribution in [0.3, 0.4) is 0 Å². The van der Waals surface area contributed by atoms with Crippen LogP contribution in [0, 0.1) is 0 Å². The van der Waals surface area contributed by atoms with Gasteiger partial charge in [0.25, 0.3) is 0 Å². The number of aliphatic hydroxyl groups is 1. The maximum atomic E-state index is 13.1. The molecule has 2 aromatic rings. The van der Waals surface area contributed by atoms with Crippen molar-refractivity contribution in [2.24, 2.45) is 0 Å². The summed E-state index contributed by atoms with van der Waals surface area (Å²) in [6.45, 7) is 7.27. The third-order valence-corrected chi connectivity index (χ3v) is 5.37. The maximum Gasteiger partial charge on any atom is 0.357 e. The molecule has 0 saturated heterocycles. The summed E-state index contributed by atoms with van der Waals surface area (Å²) in [5.41, 5.74) is 0.398. The lowest BCUT2D eigenvalue weighted by atomic mass is 10.1. The van der Waals surface area contributed by atoms with E-state index in [2.05, 4.69) is 4.98 Å². The number of aliphatic hydroxyl groups excluding tert-OH is 1. The zero-order valence-electron chi connectivity index (χ0n) is 15.0. The van der Waals surface area contributed by atoms with Crippen LogP contribution in [0.4, 0.5) is 0 Å². The van der Waals surface area contributed by atoms with E-state index in [1.165, 1.54) is 18.2 Å². The van der Waals surface area contributed by atoms with E-state index in [-0.39, 0.29) is 45.8 Å². The molecule has 1 N–H and O–H groups in total. The molecule has 1 heterocycles. The van der Waals surface area contributed by atoms with Crippen LogP contribution in [0.25, 0.3) is 0 Å². The van der Waals surface area contributed by atoms with Gasteiger partial charge in [-0.15, -0.1) is 0 Å². The normalized spacial score (nSPS) is 12.2. The highest BCUT2D eigenvalue weighted by atomic mass is 35.5. The Morgan fingerprint density at radius 3 is 2.19 bits per heavy atom. The van der Waals surface area contributed by atoms with Crippen molar-refractivity contribution in [3.05, 3.63) is 39.8 Å². The van der Waals surface area contributed by atoms with Gasteiger partial charge < -0.3 is 13.9 Å². The monoisotopic (exact) mass is 420 g/mol. The number of benzene rings is 1. The third kappa shape index (κ3) is 4.52. The quantitative estimate of drug-likeness (QED) is 0.678. The molecule has 1 aromatic carbocycles. The second-order valence-electron chi connectivity index (χ2n) is 6.45. The van der Waals surface area contributed by atoms with E-state index in [1.54, 1.807) is 4.57 Å². The largest absolute Gasteiger partial charge is 0.396 e. The average Bonchev–Trinajstić information content (AvgIpc) is 2.86. The van der Waals surface area contributed by atoms with Gasteiger partial charge in [0.05, 0.1) is 12.3 Å². The second kappa shape index (κ2) is 8.17. The van der Waals surface area contributed by atoms with E-state index >= 15 is 0 Å². The molecule has 26 heavy (non-hydrogen) atoms. The molecule has 0 fully saturated rings. The van der Waals surface area contributed by atoms with Crippen LogP contribution < -0.4 is 4.18 Å². The van der Waals surface area contributed by atoms with Gasteiger partial charge in [0, 0.05) is 34.6 Å². The minimum absolute atomic E-state index is 0.0120. The van der Waals surface area contributed by atoms with Crippen LogP contribution in [0.2, 0.25) is 10.0 Å². The highest BCUT2D eigenvalue weighted by Gasteiger charge is 2.32. The van der Waals surface area contributed by atoms with Crippen LogP contribution >= 0.6 is 23.2 Å². The summed E-state index contributed by atoms with van der Waals surface area (Å²) in [6.07, 6.45) is 0.246. The standard InChI is InChI=1S/C17H22Cl2N2O4S/c1-10(2)16-17(21(11(3)4)15(20-16)5-6-22)26(23,24)25-14-8-12(18)7-13(19)9-14/h7-11,22H,5-6H2,1-4H3. The Balaban J connectivity index is 2.63. The molecule has 9 heteroatoms. The van der Waals surface area contributed by atoms with Crippen LogP contribution in [-0.2, 0) is 16.5 Å². The highest BCUT2D eigenvalue weighted by Crippen LogP contribution is 2.32. The van der Waals surface area contributed by atoms with Gasteiger partial charge in [0.2, 0.25) is 0 Å². The molecule has 0 saturated carbocycles. The first-order valence-corrected chi connectivity index (χ1v) is 10.4. The average molecular weight is 421 g/mol. The molecule has 0 aliphatic heterocycles. The molecule has 2 rings (SSSR count). The predicted molar refractivity (Wildman–Crippen MR) is 102 cm³/mol. The molecule has 0 bridgehead atoms. The molecule has 0 spiro atoms. The fourth-order valence-corrected chi connectivity index (χ4v) is 4.69. The zero-order valence-corrected chi connectivity index (χ0v) is 17.4. The smallest absolute Gasteiger partial charge is 0.357 e. The van der Waals surface area contributed by atoms with Crippen molar-refractivity contribution in [3.8, 4) is 5.75 Å². The van der Waals surface area contributed by atoms with Crippen LogP contribution in [0.15, 0.2) is 23.2 Å². The van der Waals surface area contributed by atoms with Crippen molar-refractivity contribution < 1.29 is 17.7 Å². The Morgan fingerprint density at radius 2 is 1.73 bits per heavy atom. The molecule has 144 valence electrons. The van der Waals surface area contributed by atoms with Crippen LogP contribution in [0.1, 0.15) is 51.2 Å². The molecule has 1 aromatic heterocycles. The molecular formula is C17H22Cl2N2O4S. The molecule has 0 radical (unpaired) electrons. The Kier molecular flexibility index (Phi) is 6.60. The molecule has 0 unspecified atom stereocenters. The fourth-order valence-electron chi connectivity index (χ4n) is 2.66. The Hall–Kier alpha value is -1.28. The first-order valence-electron chi connectivity index (χ1n) is 8.19. The number of imidazole rings is 1. The number of hydrogen-bond donors (Lipinski definition) is 1. The van der Waals surface area contributed by atoms with E-state index in [0.717, 1.165) is 0 Å². The predicted octanol–water partition coefficient (Wildman–Crippen LogP) is 4.20. The van der Waals surface area contributed by atoms with Crippen molar-refractivity contribution in [3.63, 3.8) is 0 Å². The van der Waals surface area contributed by atoms with Gasteiger partial charge in [0.1, 0.15) is 11.6 Å². The molecule has 0 aliphatic carbocycles. The lowest BCUT2D eigenvalue weighted by molar-refractivity contribution is 0.292. The van der Waals surface area contributed by atoms with E-state index in [9.17, 15) is 13.5 Å². The lowest BCUT2D eigenvalue weighted by Crippen LogP contribution is -2.20. The van der Waals surface area contributed by atoms with Crippen molar-refractivity contribution >= 4 is 33.3 Å². The van der Waals surface area contributed by atoms with Gasteiger partial charge in [-0.2, -0.15) is 8.42 Å². The van der Waals surface area contributed by atoms with Gasteiger partial charge >= 0.3 is 10.1 Å². The topological polar surface area (TPSA) is 81.4 Å². The van der Waals surface area contributed by atoms with Gasteiger partial charge in [-0.1, -0.05) is 37.0 Å². The summed E-state index contributed by atoms with van der Waals surface area (Å²) < 4.78 is 33.0. The maximum absolute atomic E-state index is 13.1. The highest BCUT2D eigenvalue weighted by molar-refractivity contribution is 7.87. The molecule has 0 amide bonds. The van der Waals surface area contributed by atoms with Crippen molar-refractivity contribution in [1.82, 2.24) is 9.55 Å². The van der Waals surface area contributed by atoms with Gasteiger partial charge in [0.15, 0.2) is 5.03 Å². The number of nitrogens with zero attached hydrogens (tertiary/aromatic N) is 2. The number of hydrogen-bond acceptors (Lipinski definition) is 5. The summed E-state index contributed by atoms with van der Waals surface area (Å²) in [5, 5.41) is 9.83. The number of halogens is 2. The Bertz CT molecular complexity index is 872. The Labute approximate surface area is 163 Å². The van der Waals surface area contributed by atoms with E-state index < -0.39 is 10.1 Å². The van der Waals surface area contributed by atoms with Gasteiger partial charge in [-0.3, -0.25) is 0 Å². The molecule has 6 nitrogen and oxygen atoms in total. The lowest BCUT2D eigenvalue weighted by Gasteiger charge is -2.17. The number of aromatic nitrogens is 2. The van der Waals surface area contributed by atoms with E-state index in [4.69, 9.17) is 27.4 Å². The second-order valence-corrected chi connectivity index (χ2v) is 8.79. The molecule has 0 atom stereocenters. The summed E-state index contributed by atoms with van der Waals surface area (Å²) in [4.78, 5) is 4.46. The van der Waals surface area contributed by atoms with Crippen molar-refractivity contribution in [1.29, 1.82) is 0 Å². The van der Waals surface area contributed by atoms with Gasteiger partial charge in [-0.25, -0.2) is 4.98 Å². The Morgan fingerprint density at radius 1 is 1.15 bits per heavy atom. The summed E-state index contributed by atoms with van der Waals surface area (Å²) >= 11 is 11.9. The summed E-state index contributed by atoms with van der Waals surface area (Å²) in [7, 11) is -4.19. The molecule has 0 aliphatic rings. The molecular weight excluding hydrogens is 399 g/mol. The van der Waals surface area contributed by atoms with Crippen molar-refractivity contribution in [2.45, 2.75) is 51.1 Å². The number of rotatable bonds is 7. The third-order valence-electron chi connectivity index (χ3n) is 3.64. The minimum atomic E-state index is -4.19. The first kappa shape index (κ1) is 21.0. The van der Waals surface area contributed by atoms with E-state index in [1.807, 2.05) is 27.7 Å². The van der Waals surface area contributed by atoms with E-state index in [0.29, 0.717) is 11.5 Å². The summed E-state index contributed by atoms with van der Waals surface area (Å²) in [6, 6.07) is 4.06. The fraction of sp³-hybridized carbons (Fsp3) is 0.471. The van der Waals surface area contributed by atoms with Crippen LogP contribution in [0.5, 0.6) is 5.75 Å². The summed E-state index contributed by atoms with van der Waals surface area (Å²) in [5.74, 6) is 0.374. The van der Waals surface area contributed by atoms with Gasteiger partial charge in [-0.05, 0) is 25.8 Å².